The van der Waals surface area contributed by atoms with Crippen LogP contribution in [0, 0.1) is 12.3 Å². The first-order valence-corrected chi connectivity index (χ1v) is 6.80. The summed E-state index contributed by atoms with van der Waals surface area (Å²) < 4.78 is 0. The number of hydrogen-bond acceptors (Lipinski definition) is 3. The molecule has 1 rings (SSSR count). The Morgan fingerprint density at radius 1 is 1.50 bits per heavy atom. The lowest BCUT2D eigenvalue weighted by molar-refractivity contribution is -0.122. The van der Waals surface area contributed by atoms with Crippen molar-refractivity contribution in [3.63, 3.8) is 0 Å². The van der Waals surface area contributed by atoms with Gasteiger partial charge in [-0.3, -0.25) is 4.79 Å². The van der Waals surface area contributed by atoms with E-state index in [2.05, 4.69) is 28.5 Å². The second-order valence-corrected chi connectivity index (χ2v) is 5.02. The molecule has 18 heavy (non-hydrogen) atoms. The third-order valence-electron chi connectivity index (χ3n) is 3.62. The largest absolute Gasteiger partial charge is 0.344 e. The predicted molar refractivity (Wildman–Crippen MR) is 74.2 cm³/mol. The fourth-order valence-electron chi connectivity index (χ4n) is 2.37. The van der Waals surface area contributed by atoms with Crippen LogP contribution in [0.25, 0.3) is 0 Å². The Labute approximate surface area is 110 Å². The number of rotatable bonds is 7. The van der Waals surface area contributed by atoms with E-state index in [0.29, 0.717) is 6.54 Å². The van der Waals surface area contributed by atoms with E-state index < -0.39 is 0 Å². The quantitative estimate of drug-likeness (QED) is 0.651. The summed E-state index contributed by atoms with van der Waals surface area (Å²) in [6.07, 6.45) is 10.4. The summed E-state index contributed by atoms with van der Waals surface area (Å²) >= 11 is 0. The molecular weight excluding hydrogens is 226 g/mol. The summed E-state index contributed by atoms with van der Waals surface area (Å²) in [4.78, 5) is 13.9. The minimum absolute atomic E-state index is 0.0310. The van der Waals surface area contributed by atoms with Crippen LogP contribution in [-0.4, -0.2) is 49.6 Å². The maximum atomic E-state index is 11.6. The van der Waals surface area contributed by atoms with Gasteiger partial charge in [-0.15, -0.1) is 6.42 Å². The molecular formula is C14H25N3O. The van der Waals surface area contributed by atoms with E-state index in [1.807, 2.05) is 6.92 Å². The highest BCUT2D eigenvalue weighted by Gasteiger charge is 2.19. The molecule has 4 heteroatoms. The lowest BCUT2D eigenvalue weighted by atomic mass is 10.2. The highest BCUT2D eigenvalue weighted by atomic mass is 16.2. The van der Waals surface area contributed by atoms with Crippen LogP contribution in [0.1, 0.15) is 32.6 Å². The summed E-state index contributed by atoms with van der Waals surface area (Å²) in [7, 11) is 2.17. The number of carbonyl (C=O) groups excluding carboxylic acids is 1. The third kappa shape index (κ3) is 5.07. The fourth-order valence-corrected chi connectivity index (χ4v) is 2.37. The van der Waals surface area contributed by atoms with E-state index >= 15 is 0 Å². The molecule has 1 amide bonds. The number of nitrogens with zero attached hydrogens (tertiary/aromatic N) is 1. The summed E-state index contributed by atoms with van der Waals surface area (Å²) in [5.41, 5.74) is 0. The van der Waals surface area contributed by atoms with Gasteiger partial charge in [0.15, 0.2) is 0 Å². The van der Waals surface area contributed by atoms with Gasteiger partial charge in [0.2, 0.25) is 5.91 Å². The zero-order chi connectivity index (χ0) is 13.4. The first kappa shape index (κ1) is 15.0. The van der Waals surface area contributed by atoms with Crippen LogP contribution in [-0.2, 0) is 4.79 Å². The molecule has 0 aromatic rings. The number of terminal acetylenes is 1. The van der Waals surface area contributed by atoms with Crippen LogP contribution < -0.4 is 10.6 Å². The molecule has 0 aromatic carbocycles. The fraction of sp³-hybridized carbons (Fsp3) is 0.786. The molecule has 102 valence electrons. The van der Waals surface area contributed by atoms with Crippen molar-refractivity contribution >= 4 is 5.91 Å². The zero-order valence-electron chi connectivity index (χ0n) is 11.5. The van der Waals surface area contributed by atoms with Crippen LogP contribution in [0.4, 0.5) is 0 Å². The SMILES string of the molecule is C#CCNC(=O)C(C)NCCN(C)C1CCCC1. The Kier molecular flexibility index (Phi) is 6.77. The number of hydrogen-bond donors (Lipinski definition) is 2. The lowest BCUT2D eigenvalue weighted by Gasteiger charge is -2.24. The highest BCUT2D eigenvalue weighted by Crippen LogP contribution is 2.21. The minimum Gasteiger partial charge on any atom is -0.344 e. The number of amides is 1. The number of likely N-dealkylation sites (N-methyl/N-ethyl adjacent to an activating group) is 1. The minimum atomic E-state index is -0.185. The van der Waals surface area contributed by atoms with Crippen LogP contribution in [0.3, 0.4) is 0 Å². The summed E-state index contributed by atoms with van der Waals surface area (Å²) in [6.45, 7) is 3.98. The molecule has 1 unspecified atom stereocenters. The standard InChI is InChI=1S/C14H25N3O/c1-4-9-16-14(18)12(2)15-10-11-17(3)13-7-5-6-8-13/h1,12-13,15H,5-11H2,2-3H3,(H,16,18). The van der Waals surface area contributed by atoms with Crippen LogP contribution in [0.5, 0.6) is 0 Å². The summed E-state index contributed by atoms with van der Waals surface area (Å²) in [5.74, 6) is 2.37. The van der Waals surface area contributed by atoms with Gasteiger partial charge in [0.1, 0.15) is 0 Å². The van der Waals surface area contributed by atoms with Gasteiger partial charge in [-0.2, -0.15) is 0 Å². The van der Waals surface area contributed by atoms with E-state index in [4.69, 9.17) is 6.42 Å². The number of nitrogens with one attached hydrogen (secondary N) is 2. The molecule has 4 nitrogen and oxygen atoms in total. The van der Waals surface area contributed by atoms with Crippen molar-refractivity contribution in [1.82, 2.24) is 15.5 Å². The van der Waals surface area contributed by atoms with Gasteiger partial charge in [0.05, 0.1) is 12.6 Å². The molecule has 1 atom stereocenters. The van der Waals surface area contributed by atoms with Gasteiger partial charge in [-0.1, -0.05) is 18.8 Å². The van der Waals surface area contributed by atoms with Gasteiger partial charge in [0, 0.05) is 19.1 Å². The molecule has 0 aliphatic heterocycles. The zero-order valence-corrected chi connectivity index (χ0v) is 11.5. The molecule has 0 aromatic heterocycles. The van der Waals surface area contributed by atoms with Crippen LogP contribution in [0.2, 0.25) is 0 Å². The molecule has 0 spiro atoms. The second-order valence-electron chi connectivity index (χ2n) is 5.02. The Morgan fingerprint density at radius 3 is 2.78 bits per heavy atom. The van der Waals surface area contributed by atoms with Crippen molar-refractivity contribution in [3.8, 4) is 12.3 Å². The summed E-state index contributed by atoms with van der Waals surface area (Å²) in [6, 6.07) is 0.549. The Balaban J connectivity index is 2.12. The Hall–Kier alpha value is -1.05. The molecule has 1 saturated carbocycles. The second kappa shape index (κ2) is 8.12. The average molecular weight is 251 g/mol. The van der Waals surface area contributed by atoms with Crippen molar-refractivity contribution in [2.45, 2.75) is 44.7 Å². The highest BCUT2D eigenvalue weighted by molar-refractivity contribution is 5.81. The maximum Gasteiger partial charge on any atom is 0.237 e. The van der Waals surface area contributed by atoms with E-state index in [0.717, 1.165) is 19.1 Å². The van der Waals surface area contributed by atoms with Gasteiger partial charge in [-0.25, -0.2) is 0 Å². The Morgan fingerprint density at radius 2 is 2.17 bits per heavy atom. The lowest BCUT2D eigenvalue weighted by Crippen LogP contribution is -2.45. The topological polar surface area (TPSA) is 44.4 Å². The van der Waals surface area contributed by atoms with Crippen LogP contribution in [0.15, 0.2) is 0 Å². The van der Waals surface area contributed by atoms with E-state index in [1.165, 1.54) is 25.7 Å². The van der Waals surface area contributed by atoms with E-state index in [-0.39, 0.29) is 11.9 Å². The monoisotopic (exact) mass is 251 g/mol. The molecule has 0 heterocycles. The molecule has 0 saturated heterocycles. The number of carbonyl (C=O) groups is 1. The van der Waals surface area contributed by atoms with Gasteiger partial charge in [0.25, 0.3) is 0 Å². The molecule has 1 fully saturated rings. The predicted octanol–water partition coefficient (Wildman–Crippen LogP) is 0.588. The molecule has 1 aliphatic carbocycles. The van der Waals surface area contributed by atoms with Gasteiger partial charge < -0.3 is 15.5 Å². The smallest absolute Gasteiger partial charge is 0.237 e. The van der Waals surface area contributed by atoms with Crippen molar-refractivity contribution < 1.29 is 4.79 Å². The molecule has 0 radical (unpaired) electrons. The molecule has 0 bridgehead atoms. The normalized spacial score (nSPS) is 17.7. The van der Waals surface area contributed by atoms with Gasteiger partial charge in [-0.05, 0) is 26.8 Å². The van der Waals surface area contributed by atoms with Crippen LogP contribution >= 0.6 is 0 Å². The maximum absolute atomic E-state index is 11.6. The van der Waals surface area contributed by atoms with E-state index in [9.17, 15) is 4.79 Å². The van der Waals surface area contributed by atoms with Crippen molar-refractivity contribution in [3.05, 3.63) is 0 Å². The third-order valence-corrected chi connectivity index (χ3v) is 3.62. The van der Waals surface area contributed by atoms with Crippen molar-refractivity contribution in [2.75, 3.05) is 26.7 Å². The first-order valence-electron chi connectivity index (χ1n) is 6.80. The van der Waals surface area contributed by atoms with Crippen molar-refractivity contribution in [2.24, 2.45) is 0 Å². The first-order chi connectivity index (χ1) is 8.65. The molecule has 1 aliphatic rings. The summed E-state index contributed by atoms with van der Waals surface area (Å²) in [5, 5.41) is 5.90. The average Bonchev–Trinajstić information content (AvgIpc) is 2.89. The Bertz CT molecular complexity index is 292. The molecule has 2 N–H and O–H groups in total. The van der Waals surface area contributed by atoms with E-state index in [1.54, 1.807) is 0 Å². The van der Waals surface area contributed by atoms with Gasteiger partial charge >= 0.3 is 0 Å². The van der Waals surface area contributed by atoms with Crippen molar-refractivity contribution in [1.29, 1.82) is 0 Å².